The summed E-state index contributed by atoms with van der Waals surface area (Å²) in [5, 5.41) is 5.30. The molecule has 1 heterocycles. The second-order valence-electron chi connectivity index (χ2n) is 4.95. The van der Waals surface area contributed by atoms with Gasteiger partial charge in [0, 0.05) is 32.8 Å². The van der Waals surface area contributed by atoms with Crippen molar-refractivity contribution in [2.24, 2.45) is 0 Å². The number of thiophene rings is 1. The number of sulfonamides is 1. The minimum absolute atomic E-state index is 0.379. The van der Waals surface area contributed by atoms with E-state index in [1.807, 2.05) is 12.3 Å². The van der Waals surface area contributed by atoms with Crippen molar-refractivity contribution in [3.05, 3.63) is 17.0 Å². The molecule has 0 aromatic carbocycles. The molecule has 1 N–H and O–H groups in total. The molecule has 0 radical (unpaired) electrons. The van der Waals surface area contributed by atoms with Gasteiger partial charge in [0.15, 0.2) is 0 Å². The number of nitrogens with one attached hydrogen (secondary N) is 1. The van der Waals surface area contributed by atoms with E-state index in [0.717, 1.165) is 12.1 Å². The van der Waals surface area contributed by atoms with Crippen LogP contribution < -0.4 is 5.32 Å². The lowest BCUT2D eigenvalue weighted by atomic mass is 10.3. The fourth-order valence-electron chi connectivity index (χ4n) is 1.74. The van der Waals surface area contributed by atoms with Crippen molar-refractivity contribution in [3.8, 4) is 0 Å². The first-order valence-electron chi connectivity index (χ1n) is 6.89. The van der Waals surface area contributed by atoms with Gasteiger partial charge < -0.3 is 10.1 Å². The summed E-state index contributed by atoms with van der Waals surface area (Å²) >= 11 is 1.29. The van der Waals surface area contributed by atoms with Crippen molar-refractivity contribution in [2.45, 2.75) is 36.6 Å². The first-order chi connectivity index (χ1) is 9.54. The van der Waals surface area contributed by atoms with Crippen LogP contribution >= 0.6 is 11.3 Å². The van der Waals surface area contributed by atoms with Gasteiger partial charge in [-0.2, -0.15) is 4.31 Å². The van der Waals surface area contributed by atoms with Crippen LogP contribution in [0.15, 0.2) is 15.7 Å². The third-order valence-corrected chi connectivity index (χ3v) is 6.54. The van der Waals surface area contributed by atoms with Gasteiger partial charge in [-0.25, -0.2) is 8.42 Å². The van der Waals surface area contributed by atoms with Crippen molar-refractivity contribution in [3.63, 3.8) is 0 Å². The zero-order chi connectivity index (χ0) is 14.6. The number of likely N-dealkylation sites (N-methyl/N-ethyl adjacent to an activating group) is 1. The Bertz CT molecular complexity index is 523. The molecule has 0 aliphatic heterocycles. The Kier molecular flexibility index (Phi) is 5.57. The summed E-state index contributed by atoms with van der Waals surface area (Å²) in [4.78, 5) is 0. The molecule has 0 atom stereocenters. The molecule has 2 rings (SSSR count). The highest BCUT2D eigenvalue weighted by Gasteiger charge is 2.24. The third-order valence-electron chi connectivity index (χ3n) is 3.22. The van der Waals surface area contributed by atoms with Gasteiger partial charge in [-0.05, 0) is 36.8 Å². The van der Waals surface area contributed by atoms with E-state index in [1.54, 1.807) is 13.1 Å². The summed E-state index contributed by atoms with van der Waals surface area (Å²) in [5.41, 5.74) is 1.04. The lowest BCUT2D eigenvalue weighted by Gasteiger charge is -2.15. The standard InChI is InChI=1S/C13H22N2O3S2/c1-3-18-7-6-15(2)20(16,17)13-8-11(10-19-13)9-14-12-4-5-12/h8,10,12,14H,3-7,9H2,1-2H3. The number of nitrogens with zero attached hydrogens (tertiary/aromatic N) is 1. The van der Waals surface area contributed by atoms with E-state index in [-0.39, 0.29) is 0 Å². The first kappa shape index (κ1) is 15.9. The van der Waals surface area contributed by atoms with E-state index in [0.29, 0.717) is 30.0 Å². The van der Waals surface area contributed by atoms with E-state index in [2.05, 4.69) is 5.32 Å². The molecule has 1 saturated carbocycles. The van der Waals surface area contributed by atoms with E-state index in [9.17, 15) is 8.42 Å². The van der Waals surface area contributed by atoms with Crippen LogP contribution in [-0.2, 0) is 21.3 Å². The molecule has 114 valence electrons. The van der Waals surface area contributed by atoms with Crippen molar-refractivity contribution >= 4 is 21.4 Å². The monoisotopic (exact) mass is 318 g/mol. The van der Waals surface area contributed by atoms with Crippen LogP contribution in [0.2, 0.25) is 0 Å². The molecule has 0 bridgehead atoms. The van der Waals surface area contributed by atoms with Gasteiger partial charge in [-0.3, -0.25) is 0 Å². The Balaban J connectivity index is 1.93. The van der Waals surface area contributed by atoms with Crippen LogP contribution in [0.1, 0.15) is 25.3 Å². The van der Waals surface area contributed by atoms with Crippen molar-refractivity contribution in [2.75, 3.05) is 26.8 Å². The molecule has 1 aliphatic carbocycles. The molecule has 20 heavy (non-hydrogen) atoms. The topological polar surface area (TPSA) is 58.6 Å². The summed E-state index contributed by atoms with van der Waals surface area (Å²) in [6.07, 6.45) is 2.46. The van der Waals surface area contributed by atoms with Crippen molar-refractivity contribution < 1.29 is 13.2 Å². The molecule has 0 saturated heterocycles. The van der Waals surface area contributed by atoms with Crippen LogP contribution in [-0.4, -0.2) is 45.6 Å². The zero-order valence-corrected chi connectivity index (χ0v) is 13.6. The summed E-state index contributed by atoms with van der Waals surface area (Å²) < 4.78 is 31.7. The molecule has 1 fully saturated rings. The summed E-state index contributed by atoms with van der Waals surface area (Å²) in [6, 6.07) is 2.40. The van der Waals surface area contributed by atoms with E-state index in [1.165, 1.54) is 28.5 Å². The number of rotatable bonds is 9. The lowest BCUT2D eigenvalue weighted by Crippen LogP contribution is -2.29. The molecular formula is C13H22N2O3S2. The fourth-order valence-corrected chi connectivity index (χ4v) is 4.32. The average molecular weight is 318 g/mol. The number of hydrogen-bond acceptors (Lipinski definition) is 5. The van der Waals surface area contributed by atoms with Gasteiger partial charge in [0.1, 0.15) is 4.21 Å². The molecule has 0 unspecified atom stereocenters. The van der Waals surface area contributed by atoms with Crippen LogP contribution in [0.4, 0.5) is 0 Å². The molecule has 1 aromatic heterocycles. The quantitative estimate of drug-likeness (QED) is 0.704. The van der Waals surface area contributed by atoms with Crippen LogP contribution in [0.5, 0.6) is 0 Å². The molecular weight excluding hydrogens is 296 g/mol. The molecule has 0 amide bonds. The second kappa shape index (κ2) is 7.00. The molecule has 0 spiro atoms. The van der Waals surface area contributed by atoms with Gasteiger partial charge in [-0.15, -0.1) is 11.3 Å². The SMILES string of the molecule is CCOCCN(C)S(=O)(=O)c1cc(CNC2CC2)cs1. The largest absolute Gasteiger partial charge is 0.380 e. The number of ether oxygens (including phenoxy) is 1. The zero-order valence-electron chi connectivity index (χ0n) is 12.0. The molecule has 5 nitrogen and oxygen atoms in total. The Labute approximate surface area is 125 Å². The first-order valence-corrected chi connectivity index (χ1v) is 9.21. The van der Waals surface area contributed by atoms with Crippen molar-refractivity contribution in [1.29, 1.82) is 0 Å². The summed E-state index contributed by atoms with van der Waals surface area (Å²) in [7, 11) is -1.78. The van der Waals surface area contributed by atoms with E-state index < -0.39 is 10.0 Å². The number of hydrogen-bond donors (Lipinski definition) is 1. The van der Waals surface area contributed by atoms with E-state index >= 15 is 0 Å². The van der Waals surface area contributed by atoms with Gasteiger partial charge in [0.2, 0.25) is 0 Å². The van der Waals surface area contributed by atoms with Crippen molar-refractivity contribution in [1.82, 2.24) is 9.62 Å². The average Bonchev–Trinajstić information content (AvgIpc) is 3.12. The highest BCUT2D eigenvalue weighted by Crippen LogP contribution is 2.24. The maximum absolute atomic E-state index is 12.4. The second-order valence-corrected chi connectivity index (χ2v) is 8.14. The summed E-state index contributed by atoms with van der Waals surface area (Å²) in [5.74, 6) is 0. The molecule has 1 aromatic rings. The smallest absolute Gasteiger partial charge is 0.252 e. The Hall–Kier alpha value is -0.470. The lowest BCUT2D eigenvalue weighted by molar-refractivity contribution is 0.138. The highest BCUT2D eigenvalue weighted by atomic mass is 32.2. The maximum Gasteiger partial charge on any atom is 0.252 e. The highest BCUT2D eigenvalue weighted by molar-refractivity contribution is 7.91. The maximum atomic E-state index is 12.4. The van der Waals surface area contributed by atoms with Crippen LogP contribution in [0.25, 0.3) is 0 Å². The predicted octanol–water partition coefficient (Wildman–Crippen LogP) is 1.66. The van der Waals surface area contributed by atoms with Crippen LogP contribution in [0.3, 0.4) is 0 Å². The van der Waals surface area contributed by atoms with Gasteiger partial charge in [0.05, 0.1) is 6.61 Å². The van der Waals surface area contributed by atoms with E-state index in [4.69, 9.17) is 4.74 Å². The third kappa shape index (κ3) is 4.26. The predicted molar refractivity (Wildman–Crippen MR) is 80.5 cm³/mol. The Morgan fingerprint density at radius 1 is 1.50 bits per heavy atom. The molecule has 7 heteroatoms. The fraction of sp³-hybridized carbons (Fsp3) is 0.692. The normalized spacial score (nSPS) is 15.9. The van der Waals surface area contributed by atoms with Gasteiger partial charge in [-0.1, -0.05) is 0 Å². The molecule has 1 aliphatic rings. The summed E-state index contributed by atoms with van der Waals surface area (Å²) in [6.45, 7) is 4.05. The minimum atomic E-state index is -3.38. The minimum Gasteiger partial charge on any atom is -0.380 e. The van der Waals surface area contributed by atoms with Gasteiger partial charge >= 0.3 is 0 Å². The van der Waals surface area contributed by atoms with Crippen LogP contribution in [0, 0.1) is 0 Å². The Morgan fingerprint density at radius 3 is 2.90 bits per heavy atom. The Morgan fingerprint density at radius 2 is 2.25 bits per heavy atom. The van der Waals surface area contributed by atoms with Gasteiger partial charge in [0.25, 0.3) is 10.0 Å².